The Morgan fingerprint density at radius 2 is 2.27 bits per heavy atom. The monoisotopic (exact) mass is 381 g/mol. The first-order valence-corrected chi connectivity index (χ1v) is 5.98. The number of hydrogen-bond acceptors (Lipinski definition) is 2. The number of nitrogens with one attached hydrogen (secondary N) is 1. The first kappa shape index (κ1) is 12.5. The molecule has 80 valence electrons. The summed E-state index contributed by atoms with van der Waals surface area (Å²) >= 11 is 5.60. The summed E-state index contributed by atoms with van der Waals surface area (Å²) < 4.78 is 2.09. The number of anilines is 1. The fourth-order valence-electron chi connectivity index (χ4n) is 0.890. The molecule has 0 heterocycles. The van der Waals surface area contributed by atoms with E-state index in [1.165, 1.54) is 0 Å². The highest BCUT2D eigenvalue weighted by molar-refractivity contribution is 14.1. The second kappa shape index (κ2) is 5.50. The lowest BCUT2D eigenvalue weighted by Crippen LogP contribution is -2.11. The molecule has 0 saturated heterocycles. The third-order valence-corrected chi connectivity index (χ3v) is 4.07. The lowest BCUT2D eigenvalue weighted by Gasteiger charge is -2.07. The van der Waals surface area contributed by atoms with Gasteiger partial charge in [-0.2, -0.15) is 0 Å². The van der Waals surface area contributed by atoms with Crippen molar-refractivity contribution in [2.45, 2.75) is 0 Å². The highest BCUT2D eigenvalue weighted by Crippen LogP contribution is 2.22. The number of halogens is 2. The molecule has 0 bridgehead atoms. The van der Waals surface area contributed by atoms with E-state index in [1.54, 1.807) is 0 Å². The number of carboxylic acid groups (broad SMARTS) is 1. The SMILES string of the molecule is C=C(CNc1ccc(I)c(Br)c1)C(=O)O. The minimum absolute atomic E-state index is 0.143. The van der Waals surface area contributed by atoms with Crippen molar-refractivity contribution in [3.05, 3.63) is 38.4 Å². The maximum absolute atomic E-state index is 10.5. The minimum Gasteiger partial charge on any atom is -0.478 e. The standard InChI is InChI=1S/C10H9BrINO2/c1-6(10(14)15)5-13-7-2-3-9(12)8(11)4-7/h2-4,13H,1,5H2,(H,14,15). The van der Waals surface area contributed by atoms with Crippen LogP contribution >= 0.6 is 38.5 Å². The molecule has 0 unspecified atom stereocenters. The van der Waals surface area contributed by atoms with Crippen LogP contribution in [0, 0.1) is 3.57 Å². The van der Waals surface area contributed by atoms with Gasteiger partial charge in [0.15, 0.2) is 0 Å². The van der Waals surface area contributed by atoms with Crippen molar-refractivity contribution in [1.82, 2.24) is 0 Å². The Hall–Kier alpha value is -0.560. The van der Waals surface area contributed by atoms with E-state index in [0.717, 1.165) is 13.7 Å². The van der Waals surface area contributed by atoms with Crippen molar-refractivity contribution in [3.63, 3.8) is 0 Å². The summed E-state index contributed by atoms with van der Waals surface area (Å²) in [5.74, 6) is -0.980. The molecular formula is C10H9BrINO2. The third kappa shape index (κ3) is 3.83. The maximum Gasteiger partial charge on any atom is 0.332 e. The van der Waals surface area contributed by atoms with E-state index in [4.69, 9.17) is 5.11 Å². The zero-order valence-electron chi connectivity index (χ0n) is 7.76. The third-order valence-electron chi connectivity index (χ3n) is 1.73. The first-order valence-electron chi connectivity index (χ1n) is 4.10. The van der Waals surface area contributed by atoms with Gasteiger partial charge in [-0.15, -0.1) is 0 Å². The van der Waals surface area contributed by atoms with E-state index in [1.807, 2.05) is 18.2 Å². The van der Waals surface area contributed by atoms with Crippen LogP contribution in [-0.4, -0.2) is 17.6 Å². The van der Waals surface area contributed by atoms with Gasteiger partial charge in [0.1, 0.15) is 0 Å². The number of rotatable bonds is 4. The van der Waals surface area contributed by atoms with Crippen LogP contribution in [-0.2, 0) is 4.79 Å². The van der Waals surface area contributed by atoms with Gasteiger partial charge < -0.3 is 10.4 Å². The lowest BCUT2D eigenvalue weighted by atomic mass is 10.3. The summed E-state index contributed by atoms with van der Waals surface area (Å²) in [5.41, 5.74) is 1.01. The highest BCUT2D eigenvalue weighted by Gasteiger charge is 2.03. The van der Waals surface area contributed by atoms with Gasteiger partial charge >= 0.3 is 5.97 Å². The van der Waals surface area contributed by atoms with Crippen molar-refractivity contribution in [2.75, 3.05) is 11.9 Å². The van der Waals surface area contributed by atoms with E-state index in [-0.39, 0.29) is 12.1 Å². The van der Waals surface area contributed by atoms with Crippen molar-refractivity contribution in [3.8, 4) is 0 Å². The molecule has 0 aliphatic heterocycles. The Morgan fingerprint density at radius 1 is 1.60 bits per heavy atom. The zero-order valence-corrected chi connectivity index (χ0v) is 11.5. The maximum atomic E-state index is 10.5. The molecule has 0 saturated carbocycles. The van der Waals surface area contributed by atoms with Crippen LogP contribution < -0.4 is 5.32 Å². The van der Waals surface area contributed by atoms with Crippen LogP contribution in [0.4, 0.5) is 5.69 Å². The molecule has 0 atom stereocenters. The van der Waals surface area contributed by atoms with E-state index < -0.39 is 5.97 Å². The average molecular weight is 382 g/mol. The number of carboxylic acids is 1. The Balaban J connectivity index is 2.62. The number of aliphatic carboxylic acids is 1. The largest absolute Gasteiger partial charge is 0.478 e. The van der Waals surface area contributed by atoms with Gasteiger partial charge in [-0.3, -0.25) is 0 Å². The summed E-state index contributed by atoms with van der Waals surface area (Å²) in [6.45, 7) is 3.67. The Morgan fingerprint density at radius 3 is 2.80 bits per heavy atom. The molecule has 0 aromatic heterocycles. The second-order valence-corrected chi connectivity index (χ2v) is 4.91. The van der Waals surface area contributed by atoms with Gasteiger partial charge in [0, 0.05) is 25.8 Å². The zero-order chi connectivity index (χ0) is 11.4. The molecule has 5 heteroatoms. The van der Waals surface area contributed by atoms with Crippen LogP contribution in [0.1, 0.15) is 0 Å². The number of carbonyl (C=O) groups is 1. The molecule has 0 radical (unpaired) electrons. The van der Waals surface area contributed by atoms with Gasteiger partial charge in [-0.05, 0) is 56.7 Å². The smallest absolute Gasteiger partial charge is 0.332 e. The van der Waals surface area contributed by atoms with E-state index >= 15 is 0 Å². The molecule has 0 aliphatic rings. The molecule has 1 rings (SSSR count). The van der Waals surface area contributed by atoms with Crippen LogP contribution in [0.15, 0.2) is 34.8 Å². The van der Waals surface area contributed by atoms with Crippen LogP contribution in [0.2, 0.25) is 0 Å². The van der Waals surface area contributed by atoms with E-state index in [2.05, 4.69) is 50.4 Å². The summed E-state index contributed by atoms with van der Waals surface area (Å²) in [6, 6.07) is 5.73. The minimum atomic E-state index is -0.980. The molecule has 1 aromatic carbocycles. The summed E-state index contributed by atoms with van der Waals surface area (Å²) in [7, 11) is 0. The predicted molar refractivity (Wildman–Crippen MR) is 72.1 cm³/mol. The van der Waals surface area contributed by atoms with Gasteiger partial charge in [-0.1, -0.05) is 6.58 Å². The normalized spacial score (nSPS) is 9.73. The number of hydrogen-bond donors (Lipinski definition) is 2. The van der Waals surface area contributed by atoms with Crippen molar-refractivity contribution in [1.29, 1.82) is 0 Å². The average Bonchev–Trinajstić information content (AvgIpc) is 2.19. The van der Waals surface area contributed by atoms with Crippen LogP contribution in [0.25, 0.3) is 0 Å². The van der Waals surface area contributed by atoms with Crippen molar-refractivity contribution < 1.29 is 9.90 Å². The van der Waals surface area contributed by atoms with Gasteiger partial charge in [0.25, 0.3) is 0 Å². The van der Waals surface area contributed by atoms with Crippen LogP contribution in [0.5, 0.6) is 0 Å². The fraction of sp³-hybridized carbons (Fsp3) is 0.100. The topological polar surface area (TPSA) is 49.3 Å². The van der Waals surface area contributed by atoms with Gasteiger partial charge in [0.2, 0.25) is 0 Å². The molecule has 0 amide bonds. The first-order chi connectivity index (χ1) is 7.00. The quantitative estimate of drug-likeness (QED) is 0.622. The van der Waals surface area contributed by atoms with Crippen LogP contribution in [0.3, 0.4) is 0 Å². The molecule has 0 spiro atoms. The molecule has 15 heavy (non-hydrogen) atoms. The van der Waals surface area contributed by atoms with Crippen molar-refractivity contribution >= 4 is 50.2 Å². The molecule has 0 fully saturated rings. The predicted octanol–water partition coefficient (Wildman–Crippen LogP) is 3.11. The molecular weight excluding hydrogens is 373 g/mol. The van der Waals surface area contributed by atoms with Gasteiger partial charge in [-0.25, -0.2) is 4.79 Å². The molecule has 1 aromatic rings. The van der Waals surface area contributed by atoms with E-state index in [9.17, 15) is 4.79 Å². The summed E-state index contributed by atoms with van der Waals surface area (Å²) in [4.78, 5) is 10.5. The Bertz CT molecular complexity index is 406. The highest BCUT2D eigenvalue weighted by atomic mass is 127. The lowest BCUT2D eigenvalue weighted by molar-refractivity contribution is -0.132. The van der Waals surface area contributed by atoms with Crippen molar-refractivity contribution in [2.24, 2.45) is 0 Å². The Kier molecular flexibility index (Phi) is 4.59. The molecule has 2 N–H and O–H groups in total. The Labute approximate surface area is 110 Å². The molecule has 3 nitrogen and oxygen atoms in total. The molecule has 0 aliphatic carbocycles. The summed E-state index contributed by atoms with van der Waals surface area (Å²) in [6.07, 6.45) is 0. The second-order valence-electron chi connectivity index (χ2n) is 2.89. The van der Waals surface area contributed by atoms with E-state index in [0.29, 0.717) is 0 Å². The fourth-order valence-corrected chi connectivity index (χ4v) is 1.60. The summed E-state index contributed by atoms with van der Waals surface area (Å²) in [5, 5.41) is 11.6. The number of benzene rings is 1. The van der Waals surface area contributed by atoms with Gasteiger partial charge in [0.05, 0.1) is 0 Å².